The van der Waals surface area contributed by atoms with Crippen LogP contribution in [0.3, 0.4) is 0 Å². The number of halogens is 10. The van der Waals surface area contributed by atoms with Gasteiger partial charge in [0.1, 0.15) is 5.75 Å². The summed E-state index contributed by atoms with van der Waals surface area (Å²) in [6.45, 7) is 0.0154. The second kappa shape index (κ2) is 11.1. The molecule has 0 radical (unpaired) electrons. The fourth-order valence-electron chi connectivity index (χ4n) is 4.18. The molecule has 3 aromatic rings. The van der Waals surface area contributed by atoms with E-state index in [9.17, 15) is 48.1 Å². The third-order valence-corrected chi connectivity index (χ3v) is 6.98. The van der Waals surface area contributed by atoms with Crippen LogP contribution < -0.4 is 8.92 Å². The van der Waals surface area contributed by atoms with E-state index in [1.165, 1.54) is 12.1 Å². The van der Waals surface area contributed by atoms with Gasteiger partial charge in [0, 0.05) is 24.0 Å². The number of alkyl halides is 5. The van der Waals surface area contributed by atoms with E-state index in [2.05, 4.69) is 4.18 Å². The number of ether oxygens (including phenoxy) is 1. The molecule has 3 aromatic carbocycles. The molecule has 2 atom stereocenters. The predicted molar refractivity (Wildman–Crippen MR) is 117 cm³/mol. The van der Waals surface area contributed by atoms with Crippen molar-refractivity contribution in [1.82, 2.24) is 0 Å². The minimum atomic E-state index is -4.69. The van der Waals surface area contributed by atoms with Crippen LogP contribution in [0.2, 0.25) is 0 Å². The van der Waals surface area contributed by atoms with Gasteiger partial charge in [-0.05, 0) is 42.2 Å². The van der Waals surface area contributed by atoms with Crippen molar-refractivity contribution in [3.05, 3.63) is 87.7 Å². The molecular weight excluding hydrogens is 570 g/mol. The molecule has 0 saturated heterocycles. The van der Waals surface area contributed by atoms with Crippen LogP contribution in [0.5, 0.6) is 11.5 Å². The maximum atomic E-state index is 13.9. The van der Waals surface area contributed by atoms with Gasteiger partial charge in [0.15, 0.2) is 0 Å². The Hall–Kier alpha value is -3.29. The molecule has 1 heterocycles. The van der Waals surface area contributed by atoms with Crippen molar-refractivity contribution in [2.45, 2.75) is 42.7 Å². The second-order valence-electron chi connectivity index (χ2n) is 8.45. The van der Waals surface area contributed by atoms with E-state index >= 15 is 0 Å². The Morgan fingerprint density at radius 1 is 0.897 bits per heavy atom. The third kappa shape index (κ3) is 5.85. The maximum absolute atomic E-state index is 13.9. The van der Waals surface area contributed by atoms with Crippen molar-refractivity contribution in [3.8, 4) is 11.5 Å². The Balaban J connectivity index is 1.67. The van der Waals surface area contributed by atoms with Crippen molar-refractivity contribution in [3.63, 3.8) is 0 Å². The summed E-state index contributed by atoms with van der Waals surface area (Å²) in [6.07, 6.45) is -8.19. The lowest BCUT2D eigenvalue weighted by Crippen LogP contribution is -2.18. The van der Waals surface area contributed by atoms with E-state index < -0.39 is 76.4 Å². The lowest BCUT2D eigenvalue weighted by Gasteiger charge is -2.28. The minimum absolute atomic E-state index is 0.0154. The number of hydrogen-bond acceptors (Lipinski definition) is 3. The summed E-state index contributed by atoms with van der Waals surface area (Å²) in [5.41, 5.74) is -0.208. The molecule has 210 valence electrons. The lowest BCUT2D eigenvalue weighted by atomic mass is 9.82. The smallest absolute Gasteiger partial charge is 0.416 e. The van der Waals surface area contributed by atoms with Crippen LogP contribution in [0, 0.1) is 29.1 Å². The molecule has 1 aliphatic heterocycles. The van der Waals surface area contributed by atoms with Crippen molar-refractivity contribution in [1.29, 1.82) is 0 Å². The van der Waals surface area contributed by atoms with Gasteiger partial charge in [-0.1, -0.05) is 12.1 Å². The van der Waals surface area contributed by atoms with Gasteiger partial charge in [0.2, 0.25) is 52.3 Å². The van der Waals surface area contributed by atoms with Crippen molar-refractivity contribution < 1.29 is 57.0 Å². The van der Waals surface area contributed by atoms with E-state index in [1.807, 2.05) is 0 Å². The van der Waals surface area contributed by atoms with Crippen molar-refractivity contribution >= 4 is 11.1 Å². The van der Waals surface area contributed by atoms with Crippen LogP contribution in [0.4, 0.5) is 43.9 Å². The van der Waals surface area contributed by atoms with Crippen LogP contribution >= 0.6 is 0 Å². The van der Waals surface area contributed by atoms with Gasteiger partial charge in [-0.15, -0.1) is 0 Å². The Labute approximate surface area is 217 Å². The molecule has 39 heavy (non-hydrogen) atoms. The highest BCUT2D eigenvalue weighted by atomic mass is 32.2. The van der Waals surface area contributed by atoms with Crippen LogP contribution in [-0.4, -0.2) is 17.2 Å². The van der Waals surface area contributed by atoms with Gasteiger partial charge in [0.25, 0.3) is 0 Å². The Morgan fingerprint density at radius 2 is 1.51 bits per heavy atom. The van der Waals surface area contributed by atoms with Crippen molar-refractivity contribution in [2.24, 2.45) is 0 Å². The summed E-state index contributed by atoms with van der Waals surface area (Å²) >= 11 is -2.78. The fourth-order valence-corrected chi connectivity index (χ4v) is 4.96. The number of fused-ring (bicyclic) bond motifs is 1. The van der Waals surface area contributed by atoms with Crippen LogP contribution in [0.15, 0.2) is 41.3 Å². The maximum Gasteiger partial charge on any atom is 0.416 e. The van der Waals surface area contributed by atoms with Crippen LogP contribution in [0.25, 0.3) is 0 Å². The molecule has 2 unspecified atom stereocenters. The van der Waals surface area contributed by atoms with Crippen LogP contribution in [-0.2, 0) is 23.7 Å². The van der Waals surface area contributed by atoms with Crippen LogP contribution in [0.1, 0.15) is 41.0 Å². The zero-order valence-electron chi connectivity index (χ0n) is 19.4. The molecule has 0 saturated carbocycles. The van der Waals surface area contributed by atoms with Gasteiger partial charge < -0.3 is 8.92 Å². The number of aryl methyl sites for hydroxylation is 1. The molecule has 0 bridgehead atoms. The minimum Gasteiger partial charge on any atom is -0.493 e. The van der Waals surface area contributed by atoms with Gasteiger partial charge in [-0.3, -0.25) is 0 Å². The van der Waals surface area contributed by atoms with Gasteiger partial charge in [-0.2, -0.15) is 22.0 Å². The normalized spacial score (nSPS) is 16.1. The monoisotopic (exact) mass is 586 g/mol. The van der Waals surface area contributed by atoms with Gasteiger partial charge >= 0.3 is 6.18 Å². The van der Waals surface area contributed by atoms with E-state index in [4.69, 9.17) is 4.74 Å². The molecule has 0 N–H and O–H groups in total. The molecule has 3 nitrogen and oxygen atoms in total. The third-order valence-electron chi connectivity index (χ3n) is 6.02. The predicted octanol–water partition coefficient (Wildman–Crippen LogP) is 7.61. The zero-order valence-corrected chi connectivity index (χ0v) is 20.2. The summed E-state index contributed by atoms with van der Waals surface area (Å²) in [6, 6.07) is 6.44. The largest absolute Gasteiger partial charge is 0.493 e. The number of benzene rings is 3. The first-order valence-corrected chi connectivity index (χ1v) is 12.2. The molecule has 0 spiro atoms. The highest BCUT2D eigenvalue weighted by Crippen LogP contribution is 2.42. The highest BCUT2D eigenvalue weighted by Gasteiger charge is 2.33. The SMILES string of the molecule is O=S(Oc1c(F)c(F)c(F)c(F)c1F)c1ccc2c(c1)OCCC2c1ccc(C(F)(F)F)cc1CCC(F)F. The Bertz CT molecular complexity index is 1400. The van der Waals surface area contributed by atoms with Gasteiger partial charge in [-0.25, -0.2) is 26.2 Å². The van der Waals surface area contributed by atoms with E-state index in [-0.39, 0.29) is 35.7 Å². The molecular formula is C25H16F10O3S. The second-order valence-corrected chi connectivity index (χ2v) is 9.56. The molecule has 14 heteroatoms. The molecule has 1 aliphatic rings. The first-order valence-electron chi connectivity index (χ1n) is 11.2. The summed E-state index contributed by atoms with van der Waals surface area (Å²) < 4.78 is 156. The topological polar surface area (TPSA) is 35.5 Å². The first kappa shape index (κ1) is 28.7. The van der Waals surface area contributed by atoms with Gasteiger partial charge in [0.05, 0.1) is 17.1 Å². The average molecular weight is 586 g/mol. The number of rotatable bonds is 7. The standard InChI is InChI=1S/C25H16F10O3S/c26-18(27)6-1-11-9-12(25(33,34)35)2-4-14(11)15-7-8-37-17-10-13(3-5-16(15)17)39(36)38-24-22(31)20(29)19(28)21(30)23(24)32/h2-5,9-10,15,18H,1,6-8H2. The Kier molecular flexibility index (Phi) is 8.14. The van der Waals surface area contributed by atoms with E-state index in [0.29, 0.717) is 11.1 Å². The Morgan fingerprint density at radius 3 is 2.13 bits per heavy atom. The summed E-state index contributed by atoms with van der Waals surface area (Å²) in [5, 5.41) is 0. The highest BCUT2D eigenvalue weighted by molar-refractivity contribution is 7.80. The summed E-state index contributed by atoms with van der Waals surface area (Å²) in [4.78, 5) is -0.288. The van der Waals surface area contributed by atoms with Crippen molar-refractivity contribution in [2.75, 3.05) is 6.61 Å². The first-order chi connectivity index (χ1) is 18.3. The molecule has 0 aromatic heterocycles. The lowest BCUT2D eigenvalue weighted by molar-refractivity contribution is -0.137. The summed E-state index contributed by atoms with van der Waals surface area (Å²) in [5.74, 6) is -14.0. The molecule has 4 rings (SSSR count). The fraction of sp³-hybridized carbons (Fsp3) is 0.280. The van der Waals surface area contributed by atoms with E-state index in [1.54, 1.807) is 0 Å². The van der Waals surface area contributed by atoms with E-state index in [0.717, 1.165) is 24.3 Å². The molecule has 0 fully saturated rings. The average Bonchev–Trinajstić information content (AvgIpc) is 2.90. The zero-order chi connectivity index (χ0) is 28.6. The molecule has 0 aliphatic carbocycles. The summed E-state index contributed by atoms with van der Waals surface area (Å²) in [7, 11) is 0. The quantitative estimate of drug-likeness (QED) is 0.162. The molecule has 0 amide bonds. The number of hydrogen-bond donors (Lipinski definition) is 0.